The van der Waals surface area contributed by atoms with Crippen molar-refractivity contribution in [2.24, 2.45) is 5.41 Å². The first-order chi connectivity index (χ1) is 6.70. The van der Waals surface area contributed by atoms with Crippen molar-refractivity contribution in [1.29, 1.82) is 0 Å². The molecule has 0 unspecified atom stereocenters. The maximum absolute atomic E-state index is 11.1. The number of carbonyl (C=O) groups excluding carboxylic acids is 2. The molecule has 2 N–H and O–H groups in total. The lowest BCUT2D eigenvalue weighted by Crippen LogP contribution is -2.30. The van der Waals surface area contributed by atoms with Crippen molar-refractivity contribution >= 4 is 17.8 Å². The molecule has 15 heavy (non-hydrogen) atoms. The molecule has 0 atom stereocenters. The molecule has 0 saturated heterocycles. The Labute approximate surface area is 87.6 Å². The van der Waals surface area contributed by atoms with E-state index in [1.165, 1.54) is 0 Å². The first-order valence-corrected chi connectivity index (χ1v) is 4.41. The lowest BCUT2D eigenvalue weighted by molar-refractivity contribution is -0.162. The van der Waals surface area contributed by atoms with Gasteiger partial charge >= 0.3 is 11.9 Å². The van der Waals surface area contributed by atoms with Crippen LogP contribution in [-0.4, -0.2) is 23.0 Å². The zero-order valence-corrected chi connectivity index (χ0v) is 8.99. The van der Waals surface area contributed by atoms with Gasteiger partial charge in [-0.15, -0.1) is 0 Å². The van der Waals surface area contributed by atoms with Gasteiger partial charge in [0.1, 0.15) is 6.42 Å². The summed E-state index contributed by atoms with van der Waals surface area (Å²) < 4.78 is 0. The molecule has 0 fully saturated rings. The number of carbonyl (C=O) groups is 3. The molecule has 6 heteroatoms. The molecular formula is C9H15NO5. The molecule has 0 heterocycles. The van der Waals surface area contributed by atoms with Gasteiger partial charge in [0.2, 0.25) is 0 Å². The van der Waals surface area contributed by atoms with Crippen molar-refractivity contribution in [1.82, 2.24) is 5.48 Å². The number of hydrogen-bond donors (Lipinski definition) is 2. The summed E-state index contributed by atoms with van der Waals surface area (Å²) in [7, 11) is 0. The standard InChI is InChI=1S/C9H15NO5/c1-9(2,3)5-6(11)10-15-8(14)4-7(12)13/h4-5H2,1-3H3,(H,10,11)(H,12,13). The van der Waals surface area contributed by atoms with E-state index in [0.29, 0.717) is 0 Å². The predicted molar refractivity (Wildman–Crippen MR) is 50.6 cm³/mol. The number of hydrogen-bond acceptors (Lipinski definition) is 4. The van der Waals surface area contributed by atoms with Crippen LogP contribution in [0.2, 0.25) is 0 Å². The van der Waals surface area contributed by atoms with Gasteiger partial charge in [-0.05, 0) is 5.41 Å². The van der Waals surface area contributed by atoms with Gasteiger partial charge in [-0.2, -0.15) is 5.48 Å². The number of nitrogens with one attached hydrogen (secondary N) is 1. The third kappa shape index (κ3) is 8.73. The summed E-state index contributed by atoms with van der Waals surface area (Å²) in [6, 6.07) is 0. The minimum absolute atomic E-state index is 0.188. The largest absolute Gasteiger partial charge is 0.481 e. The van der Waals surface area contributed by atoms with E-state index >= 15 is 0 Å². The molecule has 1 amide bonds. The van der Waals surface area contributed by atoms with E-state index in [9.17, 15) is 14.4 Å². The van der Waals surface area contributed by atoms with Gasteiger partial charge < -0.3 is 9.94 Å². The smallest absolute Gasteiger partial charge is 0.343 e. The summed E-state index contributed by atoms with van der Waals surface area (Å²) in [5.74, 6) is -2.75. The number of hydroxylamine groups is 1. The minimum Gasteiger partial charge on any atom is -0.481 e. The highest BCUT2D eigenvalue weighted by Crippen LogP contribution is 2.17. The Morgan fingerprint density at radius 1 is 1.27 bits per heavy atom. The predicted octanol–water partition coefficient (Wildman–Crippen LogP) is 0.472. The molecule has 0 aliphatic carbocycles. The second kappa shape index (κ2) is 5.33. The number of rotatable bonds is 3. The van der Waals surface area contributed by atoms with E-state index in [-0.39, 0.29) is 11.8 Å². The van der Waals surface area contributed by atoms with E-state index in [0.717, 1.165) is 0 Å². The third-order valence-corrected chi connectivity index (χ3v) is 1.27. The highest BCUT2D eigenvalue weighted by molar-refractivity contribution is 5.90. The van der Waals surface area contributed by atoms with Crippen molar-refractivity contribution in [3.63, 3.8) is 0 Å². The number of amides is 1. The average molecular weight is 217 g/mol. The molecule has 0 aromatic rings. The van der Waals surface area contributed by atoms with Gasteiger partial charge in [-0.25, -0.2) is 4.79 Å². The monoisotopic (exact) mass is 217 g/mol. The zero-order chi connectivity index (χ0) is 12.1. The molecular weight excluding hydrogens is 202 g/mol. The van der Waals surface area contributed by atoms with Crippen LogP contribution >= 0.6 is 0 Å². The van der Waals surface area contributed by atoms with Gasteiger partial charge in [0.05, 0.1) is 0 Å². The highest BCUT2D eigenvalue weighted by atomic mass is 16.7. The molecule has 0 aromatic heterocycles. The maximum Gasteiger partial charge on any atom is 0.343 e. The van der Waals surface area contributed by atoms with Crippen molar-refractivity contribution in [3.8, 4) is 0 Å². The van der Waals surface area contributed by atoms with E-state index in [1.807, 2.05) is 26.3 Å². The Bertz CT molecular complexity index is 266. The van der Waals surface area contributed by atoms with Crippen LogP contribution in [0, 0.1) is 5.41 Å². The summed E-state index contributed by atoms with van der Waals surface area (Å²) >= 11 is 0. The fourth-order valence-electron chi connectivity index (χ4n) is 0.791. The highest BCUT2D eigenvalue weighted by Gasteiger charge is 2.17. The van der Waals surface area contributed by atoms with Gasteiger partial charge in [0, 0.05) is 6.42 Å². The molecule has 0 aromatic carbocycles. The van der Waals surface area contributed by atoms with Crippen LogP contribution in [0.3, 0.4) is 0 Å². The lowest BCUT2D eigenvalue weighted by Gasteiger charge is -2.16. The summed E-state index contributed by atoms with van der Waals surface area (Å²) in [6.07, 6.45) is -0.580. The summed E-state index contributed by atoms with van der Waals surface area (Å²) in [4.78, 5) is 36.1. The van der Waals surface area contributed by atoms with Crippen molar-refractivity contribution in [2.45, 2.75) is 33.6 Å². The fourth-order valence-corrected chi connectivity index (χ4v) is 0.791. The maximum atomic E-state index is 11.1. The molecule has 0 radical (unpaired) electrons. The zero-order valence-electron chi connectivity index (χ0n) is 8.99. The number of carboxylic acid groups (broad SMARTS) is 1. The fraction of sp³-hybridized carbons (Fsp3) is 0.667. The summed E-state index contributed by atoms with van der Waals surface area (Å²) in [5.41, 5.74) is 1.67. The third-order valence-electron chi connectivity index (χ3n) is 1.27. The van der Waals surface area contributed by atoms with Crippen LogP contribution in [0.15, 0.2) is 0 Å². The van der Waals surface area contributed by atoms with E-state index < -0.39 is 24.3 Å². The lowest BCUT2D eigenvalue weighted by atomic mass is 9.92. The topological polar surface area (TPSA) is 92.7 Å². The normalized spacial score (nSPS) is 10.6. The Morgan fingerprint density at radius 3 is 2.20 bits per heavy atom. The Balaban J connectivity index is 3.82. The molecule has 6 nitrogen and oxygen atoms in total. The van der Waals surface area contributed by atoms with Crippen LogP contribution in [-0.2, 0) is 19.2 Å². The first kappa shape index (κ1) is 13.4. The molecule has 0 bridgehead atoms. The second-order valence-corrected chi connectivity index (χ2v) is 4.31. The van der Waals surface area contributed by atoms with Crippen LogP contribution in [0.25, 0.3) is 0 Å². The molecule has 0 spiro atoms. The SMILES string of the molecule is CC(C)(C)CC(=O)NOC(=O)CC(=O)O. The Morgan fingerprint density at radius 2 is 1.80 bits per heavy atom. The molecule has 0 aliphatic heterocycles. The molecule has 0 aliphatic rings. The number of carboxylic acids is 1. The first-order valence-electron chi connectivity index (χ1n) is 4.41. The van der Waals surface area contributed by atoms with Crippen LogP contribution in [0.4, 0.5) is 0 Å². The van der Waals surface area contributed by atoms with E-state index in [4.69, 9.17) is 5.11 Å². The van der Waals surface area contributed by atoms with Crippen LogP contribution in [0.5, 0.6) is 0 Å². The van der Waals surface area contributed by atoms with E-state index in [1.54, 1.807) is 0 Å². The molecule has 0 saturated carbocycles. The molecule has 0 rings (SSSR count). The van der Waals surface area contributed by atoms with Gasteiger partial charge in [0.15, 0.2) is 0 Å². The van der Waals surface area contributed by atoms with Gasteiger partial charge in [-0.3, -0.25) is 9.59 Å². The minimum atomic E-state index is -1.30. The average Bonchev–Trinajstić information content (AvgIpc) is 1.96. The molecule has 86 valence electrons. The van der Waals surface area contributed by atoms with Crippen molar-refractivity contribution < 1.29 is 24.3 Å². The van der Waals surface area contributed by atoms with Crippen molar-refractivity contribution in [3.05, 3.63) is 0 Å². The van der Waals surface area contributed by atoms with Gasteiger partial charge in [0.25, 0.3) is 5.91 Å². The van der Waals surface area contributed by atoms with Crippen LogP contribution < -0.4 is 5.48 Å². The number of aliphatic carboxylic acids is 1. The summed E-state index contributed by atoms with van der Waals surface area (Å²) in [6.45, 7) is 5.56. The van der Waals surface area contributed by atoms with E-state index in [2.05, 4.69) is 4.84 Å². The Hall–Kier alpha value is -1.59. The van der Waals surface area contributed by atoms with Crippen LogP contribution in [0.1, 0.15) is 33.6 Å². The quantitative estimate of drug-likeness (QED) is 0.529. The van der Waals surface area contributed by atoms with Crippen molar-refractivity contribution in [2.75, 3.05) is 0 Å². The second-order valence-electron chi connectivity index (χ2n) is 4.31. The van der Waals surface area contributed by atoms with Gasteiger partial charge in [-0.1, -0.05) is 20.8 Å². The Kier molecular flexibility index (Phi) is 4.77. The summed E-state index contributed by atoms with van der Waals surface area (Å²) in [5, 5.41) is 8.22.